The number of H-pyrrole nitrogens is 1. The van der Waals surface area contributed by atoms with E-state index in [0.717, 1.165) is 32.4 Å². The van der Waals surface area contributed by atoms with Gasteiger partial charge < -0.3 is 24.5 Å². The van der Waals surface area contributed by atoms with Crippen LogP contribution in [0.5, 0.6) is 11.5 Å². The van der Waals surface area contributed by atoms with Gasteiger partial charge in [0.25, 0.3) is 0 Å². The van der Waals surface area contributed by atoms with Crippen LogP contribution in [0.15, 0.2) is 16.7 Å². The van der Waals surface area contributed by atoms with Gasteiger partial charge in [0.1, 0.15) is 11.4 Å². The van der Waals surface area contributed by atoms with Gasteiger partial charge in [-0.15, -0.1) is 0 Å². The van der Waals surface area contributed by atoms with Crippen molar-refractivity contribution in [2.75, 3.05) is 20.8 Å². The highest BCUT2D eigenvalue weighted by atomic mass is 79.9. The fourth-order valence-corrected chi connectivity index (χ4v) is 3.04. The van der Waals surface area contributed by atoms with Gasteiger partial charge in [0.15, 0.2) is 5.75 Å². The summed E-state index contributed by atoms with van der Waals surface area (Å²) in [6, 6.07) is 1.87. The fraction of sp³-hybridized carbons (Fsp3) is 0.471. The van der Waals surface area contributed by atoms with E-state index >= 15 is 0 Å². The molecular weight excluding hydrogens is 376 g/mol. The molecule has 0 aliphatic carbocycles. The molecule has 24 heavy (non-hydrogen) atoms. The Morgan fingerprint density at radius 1 is 1.29 bits per heavy atom. The third-order valence-corrected chi connectivity index (χ3v) is 3.99. The molecule has 2 rings (SSSR count). The zero-order chi connectivity index (χ0) is 17.9. The molecule has 132 valence electrons. The van der Waals surface area contributed by atoms with E-state index in [4.69, 9.17) is 14.2 Å². The first-order chi connectivity index (χ1) is 11.3. The molecule has 1 aromatic heterocycles. The molecule has 0 atom stereocenters. The predicted molar refractivity (Wildman–Crippen MR) is 97.0 cm³/mol. The number of benzene rings is 1. The molecule has 0 aliphatic rings. The number of halogens is 1. The number of aromatic amines is 1. The number of carbonyl (C=O) groups is 1. The lowest BCUT2D eigenvalue weighted by Gasteiger charge is -2.19. The van der Waals surface area contributed by atoms with Gasteiger partial charge in [-0.3, -0.25) is 0 Å². The highest BCUT2D eigenvalue weighted by Crippen LogP contribution is 2.40. The van der Waals surface area contributed by atoms with E-state index in [9.17, 15) is 4.79 Å². The Bertz CT molecular complexity index is 734. The van der Waals surface area contributed by atoms with Crippen LogP contribution in [0.25, 0.3) is 10.9 Å². The van der Waals surface area contributed by atoms with Crippen LogP contribution in [0.2, 0.25) is 0 Å². The maximum Gasteiger partial charge on any atom is 0.407 e. The first-order valence-corrected chi connectivity index (χ1v) is 8.43. The second-order valence-electron chi connectivity index (χ2n) is 6.34. The summed E-state index contributed by atoms with van der Waals surface area (Å²) in [6.45, 7) is 5.97. The number of fused-ring (bicyclic) bond motifs is 1. The van der Waals surface area contributed by atoms with E-state index in [1.807, 2.05) is 33.0 Å². The maximum absolute atomic E-state index is 11.7. The van der Waals surface area contributed by atoms with Crippen molar-refractivity contribution in [1.29, 1.82) is 0 Å². The normalized spacial score (nSPS) is 11.4. The summed E-state index contributed by atoms with van der Waals surface area (Å²) in [5.74, 6) is 1.46. The summed E-state index contributed by atoms with van der Waals surface area (Å²) in [5.41, 5.74) is 1.38. The fourth-order valence-electron chi connectivity index (χ4n) is 2.47. The number of alkyl carbamates (subject to hydrolysis) is 1. The van der Waals surface area contributed by atoms with Gasteiger partial charge in [-0.25, -0.2) is 4.79 Å². The van der Waals surface area contributed by atoms with Gasteiger partial charge in [0.05, 0.1) is 24.2 Å². The van der Waals surface area contributed by atoms with Gasteiger partial charge in [-0.2, -0.15) is 0 Å². The molecule has 2 aromatic rings. The predicted octanol–water partition coefficient (Wildman–Crippen LogP) is 4.01. The molecule has 2 N–H and O–H groups in total. The number of hydrogen-bond acceptors (Lipinski definition) is 4. The molecule has 0 aliphatic heterocycles. The van der Waals surface area contributed by atoms with Crippen LogP contribution in [-0.4, -0.2) is 37.4 Å². The Hall–Kier alpha value is -1.89. The van der Waals surface area contributed by atoms with Crippen molar-refractivity contribution in [3.63, 3.8) is 0 Å². The summed E-state index contributed by atoms with van der Waals surface area (Å²) < 4.78 is 17.0. The van der Waals surface area contributed by atoms with Crippen LogP contribution in [0.4, 0.5) is 4.79 Å². The second-order valence-corrected chi connectivity index (χ2v) is 7.19. The van der Waals surface area contributed by atoms with Crippen LogP contribution < -0.4 is 14.8 Å². The molecule has 1 amide bonds. The Balaban J connectivity index is 2.17. The molecule has 0 bridgehead atoms. The molecule has 0 radical (unpaired) electrons. The van der Waals surface area contributed by atoms with Crippen molar-refractivity contribution in [2.24, 2.45) is 0 Å². The van der Waals surface area contributed by atoms with Crippen molar-refractivity contribution in [1.82, 2.24) is 10.3 Å². The van der Waals surface area contributed by atoms with Crippen molar-refractivity contribution in [3.05, 3.63) is 22.3 Å². The molecule has 0 saturated carbocycles. The van der Waals surface area contributed by atoms with E-state index in [2.05, 4.69) is 26.2 Å². The lowest BCUT2D eigenvalue weighted by molar-refractivity contribution is 0.0528. The largest absolute Gasteiger partial charge is 0.496 e. The Morgan fingerprint density at radius 2 is 2.00 bits per heavy atom. The number of amides is 1. The van der Waals surface area contributed by atoms with Crippen molar-refractivity contribution in [3.8, 4) is 11.5 Å². The number of hydrogen-bond donors (Lipinski definition) is 2. The van der Waals surface area contributed by atoms with Crippen LogP contribution in [0, 0.1) is 0 Å². The minimum atomic E-state index is -0.506. The lowest BCUT2D eigenvalue weighted by atomic mass is 10.1. The quantitative estimate of drug-likeness (QED) is 0.797. The summed E-state index contributed by atoms with van der Waals surface area (Å²) in [5, 5.41) is 3.71. The maximum atomic E-state index is 11.7. The molecule has 0 unspecified atom stereocenters. The van der Waals surface area contributed by atoms with Crippen molar-refractivity contribution >= 4 is 32.9 Å². The molecule has 7 heteroatoms. The number of methoxy groups -OCH3 is 2. The zero-order valence-corrected chi connectivity index (χ0v) is 16.2. The van der Waals surface area contributed by atoms with Crippen LogP contribution in [0.3, 0.4) is 0 Å². The summed E-state index contributed by atoms with van der Waals surface area (Å²) in [7, 11) is 3.25. The SMILES string of the molecule is COc1c(Br)cc(OC)c2c(CCNC(=O)OC(C)(C)C)c[nH]c12. The van der Waals surface area contributed by atoms with Gasteiger partial charge in [0.2, 0.25) is 0 Å². The number of aromatic nitrogens is 1. The van der Waals surface area contributed by atoms with Crippen molar-refractivity contribution in [2.45, 2.75) is 32.8 Å². The summed E-state index contributed by atoms with van der Waals surface area (Å²) in [4.78, 5) is 14.9. The summed E-state index contributed by atoms with van der Waals surface area (Å²) >= 11 is 3.48. The number of carbonyl (C=O) groups excluding carboxylic acids is 1. The minimum Gasteiger partial charge on any atom is -0.496 e. The van der Waals surface area contributed by atoms with Gasteiger partial charge in [-0.05, 0) is 54.8 Å². The monoisotopic (exact) mass is 398 g/mol. The Kier molecular flexibility index (Phi) is 5.64. The highest BCUT2D eigenvalue weighted by molar-refractivity contribution is 9.10. The Morgan fingerprint density at radius 3 is 2.58 bits per heavy atom. The smallest absolute Gasteiger partial charge is 0.407 e. The average Bonchev–Trinajstić information content (AvgIpc) is 2.88. The van der Waals surface area contributed by atoms with Gasteiger partial charge in [-0.1, -0.05) is 0 Å². The van der Waals surface area contributed by atoms with Crippen LogP contribution >= 0.6 is 15.9 Å². The molecule has 6 nitrogen and oxygen atoms in total. The van der Waals surface area contributed by atoms with E-state index in [1.54, 1.807) is 14.2 Å². The third kappa shape index (κ3) is 4.14. The summed E-state index contributed by atoms with van der Waals surface area (Å²) in [6.07, 6.45) is 2.12. The third-order valence-electron chi connectivity index (χ3n) is 3.40. The number of rotatable bonds is 5. The van der Waals surface area contributed by atoms with Gasteiger partial charge in [0, 0.05) is 18.1 Å². The van der Waals surface area contributed by atoms with Crippen LogP contribution in [-0.2, 0) is 11.2 Å². The van der Waals surface area contributed by atoms with E-state index in [1.165, 1.54) is 0 Å². The Labute approximate surface area is 150 Å². The topological polar surface area (TPSA) is 72.6 Å². The number of nitrogens with one attached hydrogen (secondary N) is 2. The molecule has 1 heterocycles. The van der Waals surface area contributed by atoms with E-state index < -0.39 is 11.7 Å². The zero-order valence-electron chi connectivity index (χ0n) is 14.6. The lowest BCUT2D eigenvalue weighted by Crippen LogP contribution is -2.33. The van der Waals surface area contributed by atoms with E-state index in [-0.39, 0.29) is 0 Å². The minimum absolute atomic E-state index is 0.422. The van der Waals surface area contributed by atoms with Gasteiger partial charge >= 0.3 is 6.09 Å². The van der Waals surface area contributed by atoms with E-state index in [0.29, 0.717) is 13.0 Å². The van der Waals surface area contributed by atoms with Crippen LogP contribution in [0.1, 0.15) is 26.3 Å². The molecule has 0 fully saturated rings. The first kappa shape index (κ1) is 18.4. The second kappa shape index (κ2) is 7.34. The number of ether oxygens (including phenoxy) is 3. The molecule has 1 aromatic carbocycles. The average molecular weight is 399 g/mol. The first-order valence-electron chi connectivity index (χ1n) is 7.64. The molecular formula is C17H23BrN2O4. The van der Waals surface area contributed by atoms with Crippen molar-refractivity contribution < 1.29 is 19.0 Å². The molecule has 0 spiro atoms. The molecule has 0 saturated heterocycles. The highest BCUT2D eigenvalue weighted by Gasteiger charge is 2.18. The standard InChI is InChI=1S/C17H23BrN2O4/c1-17(2,3)24-16(21)19-7-6-10-9-20-14-13(10)12(22-4)8-11(18)15(14)23-5/h8-9,20H,6-7H2,1-5H3,(H,19,21).